The average molecular weight is 377 g/mol. The van der Waals surface area contributed by atoms with Gasteiger partial charge in [-0.25, -0.2) is 9.59 Å². The molecule has 0 atom stereocenters. The van der Waals surface area contributed by atoms with Gasteiger partial charge >= 0.3 is 12.1 Å². The lowest BCUT2D eigenvalue weighted by atomic mass is 10.1. The Morgan fingerprint density at radius 2 is 1.79 bits per heavy atom. The predicted molar refractivity (Wildman–Crippen MR) is 106 cm³/mol. The molecule has 1 amide bonds. The fourth-order valence-corrected chi connectivity index (χ4v) is 2.51. The first kappa shape index (κ1) is 19.0. The molecule has 0 radical (unpaired) electrons. The highest BCUT2D eigenvalue weighted by atomic mass is 16.6. The van der Waals surface area contributed by atoms with Crippen molar-refractivity contribution in [3.05, 3.63) is 79.4 Å². The topological polar surface area (TPSA) is 73.9 Å². The van der Waals surface area contributed by atoms with E-state index in [-0.39, 0.29) is 13.2 Å². The van der Waals surface area contributed by atoms with Crippen molar-refractivity contribution in [2.45, 2.75) is 0 Å². The summed E-state index contributed by atoms with van der Waals surface area (Å²) in [5.74, 6) is 1.30. The number of fused-ring (bicyclic) bond motifs is 1. The molecular formula is C22H19NO5. The SMILES string of the molecule is C=CC(=O)OCCNC(=O)Oc1ccc2c(Oc3ccccc3)cccc2c1. The number of rotatable bonds is 7. The van der Waals surface area contributed by atoms with Gasteiger partial charge in [0.15, 0.2) is 0 Å². The lowest BCUT2D eigenvalue weighted by molar-refractivity contribution is -0.137. The molecule has 0 saturated heterocycles. The summed E-state index contributed by atoms with van der Waals surface area (Å²) in [5.41, 5.74) is 0. The standard InChI is InChI=1S/C22H19NO5/c1-2-21(24)26-14-13-23-22(25)28-18-11-12-19-16(15-18)7-6-10-20(19)27-17-8-4-3-5-9-17/h2-12,15H,1,13-14H2,(H,23,25). The van der Waals surface area contributed by atoms with Crippen LogP contribution in [0.2, 0.25) is 0 Å². The minimum atomic E-state index is -0.634. The number of para-hydroxylation sites is 1. The lowest BCUT2D eigenvalue weighted by Gasteiger charge is -2.11. The molecule has 6 nitrogen and oxygen atoms in total. The first-order valence-electron chi connectivity index (χ1n) is 8.66. The second-order valence-electron chi connectivity index (χ2n) is 5.74. The summed E-state index contributed by atoms with van der Waals surface area (Å²) in [7, 11) is 0. The van der Waals surface area contributed by atoms with Crippen LogP contribution in [0.15, 0.2) is 79.4 Å². The van der Waals surface area contributed by atoms with Gasteiger partial charge in [0, 0.05) is 11.5 Å². The Morgan fingerprint density at radius 1 is 0.964 bits per heavy atom. The van der Waals surface area contributed by atoms with Crippen LogP contribution in [0.25, 0.3) is 10.8 Å². The normalized spacial score (nSPS) is 10.1. The molecular weight excluding hydrogens is 358 g/mol. The molecule has 3 aromatic carbocycles. The van der Waals surface area contributed by atoms with Crippen molar-refractivity contribution < 1.29 is 23.8 Å². The van der Waals surface area contributed by atoms with Crippen LogP contribution in [0.5, 0.6) is 17.2 Å². The first-order valence-corrected chi connectivity index (χ1v) is 8.66. The number of hydrogen-bond donors (Lipinski definition) is 1. The van der Waals surface area contributed by atoms with Gasteiger partial charge in [0.1, 0.15) is 23.9 Å². The maximum absolute atomic E-state index is 11.9. The number of amides is 1. The summed E-state index contributed by atoms with van der Waals surface area (Å²) in [6.07, 6.45) is 0.425. The molecule has 0 aromatic heterocycles. The van der Waals surface area contributed by atoms with Gasteiger partial charge in [-0.15, -0.1) is 0 Å². The quantitative estimate of drug-likeness (QED) is 0.374. The minimum Gasteiger partial charge on any atom is -0.461 e. The van der Waals surface area contributed by atoms with Crippen molar-refractivity contribution in [1.82, 2.24) is 5.32 Å². The minimum absolute atomic E-state index is 0.0395. The van der Waals surface area contributed by atoms with E-state index in [9.17, 15) is 9.59 Å². The molecule has 0 unspecified atom stereocenters. The third kappa shape index (κ3) is 5.11. The molecule has 6 heteroatoms. The molecule has 0 spiro atoms. The fraction of sp³-hybridized carbons (Fsp3) is 0.0909. The highest BCUT2D eigenvalue weighted by Crippen LogP contribution is 2.31. The molecule has 3 aromatic rings. The van der Waals surface area contributed by atoms with Gasteiger partial charge in [0.25, 0.3) is 0 Å². The van der Waals surface area contributed by atoms with E-state index in [2.05, 4.69) is 11.9 Å². The van der Waals surface area contributed by atoms with E-state index in [0.717, 1.165) is 22.6 Å². The zero-order valence-corrected chi connectivity index (χ0v) is 15.1. The Balaban J connectivity index is 1.63. The van der Waals surface area contributed by atoms with E-state index >= 15 is 0 Å². The fourth-order valence-electron chi connectivity index (χ4n) is 2.51. The number of carbonyl (C=O) groups is 2. The van der Waals surface area contributed by atoms with Gasteiger partial charge in [0.2, 0.25) is 0 Å². The number of nitrogens with one attached hydrogen (secondary N) is 1. The van der Waals surface area contributed by atoms with E-state index in [1.165, 1.54) is 0 Å². The second kappa shape index (κ2) is 9.23. The van der Waals surface area contributed by atoms with Crippen LogP contribution in [-0.2, 0) is 9.53 Å². The largest absolute Gasteiger partial charge is 0.461 e. The number of hydrogen-bond acceptors (Lipinski definition) is 5. The summed E-state index contributed by atoms with van der Waals surface area (Å²) in [4.78, 5) is 22.8. The van der Waals surface area contributed by atoms with E-state index < -0.39 is 12.1 Å². The molecule has 0 aliphatic heterocycles. The Morgan fingerprint density at radius 3 is 2.57 bits per heavy atom. The van der Waals surface area contributed by atoms with Gasteiger partial charge in [-0.1, -0.05) is 36.9 Å². The van der Waals surface area contributed by atoms with Crippen LogP contribution in [0.1, 0.15) is 0 Å². The van der Waals surface area contributed by atoms with E-state index in [0.29, 0.717) is 11.5 Å². The number of benzene rings is 3. The third-order valence-corrected chi connectivity index (χ3v) is 3.78. The Bertz CT molecular complexity index is 985. The summed E-state index contributed by atoms with van der Waals surface area (Å²) in [5, 5.41) is 4.28. The highest BCUT2D eigenvalue weighted by molar-refractivity contribution is 5.90. The van der Waals surface area contributed by atoms with Gasteiger partial charge in [-0.05, 0) is 41.8 Å². The third-order valence-electron chi connectivity index (χ3n) is 3.78. The van der Waals surface area contributed by atoms with Gasteiger partial charge in [0.05, 0.1) is 6.54 Å². The molecule has 0 bridgehead atoms. The number of ether oxygens (including phenoxy) is 3. The summed E-state index contributed by atoms with van der Waals surface area (Å²) < 4.78 is 16.0. The van der Waals surface area contributed by atoms with Crippen molar-refractivity contribution in [1.29, 1.82) is 0 Å². The van der Waals surface area contributed by atoms with Crippen molar-refractivity contribution >= 4 is 22.8 Å². The molecule has 28 heavy (non-hydrogen) atoms. The molecule has 0 heterocycles. The number of carbonyl (C=O) groups excluding carboxylic acids is 2. The van der Waals surface area contributed by atoms with Crippen LogP contribution >= 0.6 is 0 Å². The van der Waals surface area contributed by atoms with Gasteiger partial charge in [-0.3, -0.25) is 0 Å². The molecule has 0 aliphatic carbocycles. The Labute approximate surface area is 162 Å². The summed E-state index contributed by atoms with van der Waals surface area (Å²) in [6, 6.07) is 20.4. The van der Waals surface area contributed by atoms with Crippen molar-refractivity contribution in [2.75, 3.05) is 13.2 Å². The Hall–Kier alpha value is -3.80. The first-order chi connectivity index (χ1) is 13.7. The number of esters is 1. The van der Waals surface area contributed by atoms with E-state index in [1.54, 1.807) is 12.1 Å². The lowest BCUT2D eigenvalue weighted by Crippen LogP contribution is -2.30. The summed E-state index contributed by atoms with van der Waals surface area (Å²) in [6.45, 7) is 3.47. The predicted octanol–water partition coefficient (Wildman–Crippen LogP) is 4.45. The zero-order chi connectivity index (χ0) is 19.8. The molecule has 1 N–H and O–H groups in total. The molecule has 0 fully saturated rings. The second-order valence-corrected chi connectivity index (χ2v) is 5.74. The molecule has 3 rings (SSSR count). The highest BCUT2D eigenvalue weighted by Gasteiger charge is 2.08. The van der Waals surface area contributed by atoms with Crippen molar-refractivity contribution in [3.8, 4) is 17.2 Å². The van der Waals surface area contributed by atoms with Gasteiger partial charge in [-0.2, -0.15) is 0 Å². The van der Waals surface area contributed by atoms with E-state index in [4.69, 9.17) is 14.2 Å². The average Bonchev–Trinajstić information content (AvgIpc) is 2.72. The van der Waals surface area contributed by atoms with E-state index in [1.807, 2.05) is 54.6 Å². The van der Waals surface area contributed by atoms with Crippen LogP contribution in [0.3, 0.4) is 0 Å². The van der Waals surface area contributed by atoms with Crippen LogP contribution in [-0.4, -0.2) is 25.2 Å². The monoisotopic (exact) mass is 377 g/mol. The van der Waals surface area contributed by atoms with Crippen molar-refractivity contribution in [3.63, 3.8) is 0 Å². The van der Waals surface area contributed by atoms with Gasteiger partial charge < -0.3 is 19.5 Å². The molecule has 142 valence electrons. The zero-order valence-electron chi connectivity index (χ0n) is 15.1. The Kier molecular flexibility index (Phi) is 6.25. The van der Waals surface area contributed by atoms with Crippen LogP contribution < -0.4 is 14.8 Å². The van der Waals surface area contributed by atoms with Crippen molar-refractivity contribution in [2.24, 2.45) is 0 Å². The maximum atomic E-state index is 11.9. The molecule has 0 saturated carbocycles. The smallest absolute Gasteiger partial charge is 0.412 e. The summed E-state index contributed by atoms with van der Waals surface area (Å²) >= 11 is 0. The van der Waals surface area contributed by atoms with Crippen LogP contribution in [0.4, 0.5) is 4.79 Å². The maximum Gasteiger partial charge on any atom is 0.412 e. The molecule has 0 aliphatic rings. The van der Waals surface area contributed by atoms with Crippen LogP contribution in [0, 0.1) is 0 Å².